The molecule has 0 saturated heterocycles. The Morgan fingerprint density at radius 2 is 1.92 bits per heavy atom. The zero-order valence-electron chi connectivity index (χ0n) is 14.4. The summed E-state index contributed by atoms with van der Waals surface area (Å²) in [6, 6.07) is 11.0. The molecule has 2 amide bonds. The summed E-state index contributed by atoms with van der Waals surface area (Å²) in [7, 11) is 0. The molecule has 24 heavy (non-hydrogen) atoms. The van der Waals surface area contributed by atoms with Gasteiger partial charge in [-0.3, -0.25) is 9.59 Å². The Hall–Kier alpha value is -2.63. The summed E-state index contributed by atoms with van der Waals surface area (Å²) in [5.74, 6) is 0.643. The predicted molar refractivity (Wildman–Crippen MR) is 94.3 cm³/mol. The number of para-hydroxylation sites is 1. The van der Waals surface area contributed by atoms with Gasteiger partial charge in [0.15, 0.2) is 5.69 Å². The Balaban J connectivity index is 2.24. The van der Waals surface area contributed by atoms with Crippen molar-refractivity contribution < 1.29 is 9.59 Å². The molecule has 0 unspecified atom stereocenters. The van der Waals surface area contributed by atoms with E-state index < -0.39 is 0 Å². The van der Waals surface area contributed by atoms with Gasteiger partial charge in [-0.05, 0) is 24.5 Å². The van der Waals surface area contributed by atoms with Crippen LogP contribution in [-0.4, -0.2) is 28.1 Å². The van der Waals surface area contributed by atoms with E-state index in [-0.39, 0.29) is 17.5 Å². The number of nitrogens with zero attached hydrogens (tertiary/aromatic N) is 2. The first-order valence-corrected chi connectivity index (χ1v) is 8.24. The maximum atomic E-state index is 12.3. The highest BCUT2D eigenvalue weighted by atomic mass is 16.2. The van der Waals surface area contributed by atoms with E-state index in [0.717, 1.165) is 12.1 Å². The van der Waals surface area contributed by atoms with Crippen LogP contribution in [0.4, 0.5) is 5.82 Å². The van der Waals surface area contributed by atoms with E-state index in [4.69, 9.17) is 0 Å². The highest BCUT2D eigenvalue weighted by Crippen LogP contribution is 2.17. The van der Waals surface area contributed by atoms with Gasteiger partial charge in [-0.2, -0.15) is 5.10 Å². The third-order valence-electron chi connectivity index (χ3n) is 3.54. The second kappa shape index (κ2) is 8.29. The lowest BCUT2D eigenvalue weighted by molar-refractivity contribution is -0.115. The molecule has 128 valence electrons. The van der Waals surface area contributed by atoms with Crippen molar-refractivity contribution in [1.82, 2.24) is 15.1 Å². The largest absolute Gasteiger partial charge is 0.351 e. The Labute approximate surface area is 142 Å². The highest BCUT2D eigenvalue weighted by Gasteiger charge is 2.16. The van der Waals surface area contributed by atoms with Crippen molar-refractivity contribution in [2.75, 3.05) is 11.9 Å². The third kappa shape index (κ3) is 4.68. The molecular formula is C18H24N4O2. The summed E-state index contributed by atoms with van der Waals surface area (Å²) in [6.45, 7) is 6.59. The maximum Gasteiger partial charge on any atom is 0.271 e. The molecule has 2 N–H and O–H groups in total. The van der Waals surface area contributed by atoms with Crippen LogP contribution in [0.2, 0.25) is 0 Å². The minimum Gasteiger partial charge on any atom is -0.351 e. The van der Waals surface area contributed by atoms with E-state index in [1.165, 1.54) is 0 Å². The van der Waals surface area contributed by atoms with Crippen molar-refractivity contribution in [3.8, 4) is 5.69 Å². The van der Waals surface area contributed by atoms with Crippen LogP contribution in [0.25, 0.3) is 5.69 Å². The van der Waals surface area contributed by atoms with Crippen LogP contribution in [0.3, 0.4) is 0 Å². The molecule has 0 aliphatic rings. The number of benzene rings is 1. The molecule has 6 nitrogen and oxygen atoms in total. The standard InChI is InChI=1S/C18H24N4O2/c1-4-17(23)20-16-12-15(18(24)19-11-10-13(2)3)21-22(16)14-8-6-5-7-9-14/h5-9,12-13H,4,10-11H2,1-3H3,(H,19,24)(H,20,23). The van der Waals surface area contributed by atoms with Gasteiger partial charge in [-0.1, -0.05) is 39.0 Å². The molecule has 0 radical (unpaired) electrons. The normalized spacial score (nSPS) is 10.7. The fourth-order valence-corrected chi connectivity index (χ4v) is 2.14. The minimum absolute atomic E-state index is 0.126. The number of hydrogen-bond donors (Lipinski definition) is 2. The van der Waals surface area contributed by atoms with E-state index in [1.807, 2.05) is 30.3 Å². The van der Waals surface area contributed by atoms with Crippen molar-refractivity contribution in [3.63, 3.8) is 0 Å². The summed E-state index contributed by atoms with van der Waals surface area (Å²) in [5.41, 5.74) is 1.07. The van der Waals surface area contributed by atoms with E-state index in [1.54, 1.807) is 17.7 Å². The molecule has 2 aromatic rings. The predicted octanol–water partition coefficient (Wildman–Crippen LogP) is 3.00. The number of aromatic nitrogens is 2. The van der Waals surface area contributed by atoms with Crippen LogP contribution in [0.5, 0.6) is 0 Å². The van der Waals surface area contributed by atoms with Crippen LogP contribution in [0, 0.1) is 5.92 Å². The van der Waals surface area contributed by atoms with Gasteiger partial charge in [0.05, 0.1) is 5.69 Å². The van der Waals surface area contributed by atoms with Gasteiger partial charge >= 0.3 is 0 Å². The summed E-state index contributed by atoms with van der Waals surface area (Å²) >= 11 is 0. The van der Waals surface area contributed by atoms with Gasteiger partial charge in [0.2, 0.25) is 5.91 Å². The molecule has 2 rings (SSSR count). The van der Waals surface area contributed by atoms with E-state index in [2.05, 4.69) is 29.6 Å². The summed E-state index contributed by atoms with van der Waals surface area (Å²) in [4.78, 5) is 24.0. The molecule has 1 aromatic carbocycles. The molecule has 0 atom stereocenters. The number of carbonyl (C=O) groups excluding carboxylic acids is 2. The van der Waals surface area contributed by atoms with Crippen LogP contribution in [0.15, 0.2) is 36.4 Å². The first kappa shape index (κ1) is 17.7. The number of nitrogens with one attached hydrogen (secondary N) is 2. The zero-order valence-corrected chi connectivity index (χ0v) is 14.4. The lowest BCUT2D eigenvalue weighted by Crippen LogP contribution is -2.25. The van der Waals surface area contributed by atoms with Crippen molar-refractivity contribution in [2.24, 2.45) is 5.92 Å². The van der Waals surface area contributed by atoms with Gasteiger partial charge in [0, 0.05) is 19.0 Å². The Bertz CT molecular complexity index is 692. The Kier molecular flexibility index (Phi) is 6.12. The van der Waals surface area contributed by atoms with Gasteiger partial charge in [-0.25, -0.2) is 4.68 Å². The van der Waals surface area contributed by atoms with E-state index in [0.29, 0.717) is 24.7 Å². The van der Waals surface area contributed by atoms with Crippen molar-refractivity contribution >= 4 is 17.6 Å². The van der Waals surface area contributed by atoms with Crippen LogP contribution in [0.1, 0.15) is 44.1 Å². The summed E-state index contributed by atoms with van der Waals surface area (Å²) < 4.78 is 1.57. The first-order chi connectivity index (χ1) is 11.5. The van der Waals surface area contributed by atoms with E-state index in [9.17, 15) is 9.59 Å². The van der Waals surface area contributed by atoms with Crippen LogP contribution < -0.4 is 10.6 Å². The Morgan fingerprint density at radius 1 is 1.21 bits per heavy atom. The average Bonchev–Trinajstić information content (AvgIpc) is 2.99. The smallest absolute Gasteiger partial charge is 0.271 e. The quantitative estimate of drug-likeness (QED) is 0.820. The molecule has 0 aliphatic carbocycles. The molecular weight excluding hydrogens is 304 g/mol. The number of carbonyl (C=O) groups is 2. The lowest BCUT2D eigenvalue weighted by Gasteiger charge is -2.07. The molecule has 6 heteroatoms. The average molecular weight is 328 g/mol. The van der Waals surface area contributed by atoms with Crippen molar-refractivity contribution in [1.29, 1.82) is 0 Å². The van der Waals surface area contributed by atoms with Crippen molar-refractivity contribution in [2.45, 2.75) is 33.6 Å². The van der Waals surface area contributed by atoms with Gasteiger partial charge in [-0.15, -0.1) is 0 Å². The molecule has 0 saturated carbocycles. The molecule has 1 heterocycles. The molecule has 0 fully saturated rings. The first-order valence-electron chi connectivity index (χ1n) is 8.24. The van der Waals surface area contributed by atoms with Gasteiger partial charge in [0.1, 0.15) is 5.82 Å². The number of anilines is 1. The van der Waals surface area contributed by atoms with Crippen LogP contribution >= 0.6 is 0 Å². The fraction of sp³-hybridized carbons (Fsp3) is 0.389. The number of hydrogen-bond acceptors (Lipinski definition) is 3. The third-order valence-corrected chi connectivity index (χ3v) is 3.54. The summed E-state index contributed by atoms with van der Waals surface area (Å²) in [6.07, 6.45) is 1.26. The monoisotopic (exact) mass is 328 g/mol. The van der Waals surface area contributed by atoms with Crippen molar-refractivity contribution in [3.05, 3.63) is 42.1 Å². The molecule has 0 spiro atoms. The minimum atomic E-state index is -0.239. The van der Waals surface area contributed by atoms with E-state index >= 15 is 0 Å². The second-order valence-electron chi connectivity index (χ2n) is 6.00. The highest BCUT2D eigenvalue weighted by molar-refractivity contribution is 5.95. The molecule has 0 bridgehead atoms. The molecule has 0 aliphatic heterocycles. The summed E-state index contributed by atoms with van der Waals surface area (Å²) in [5, 5.41) is 10.0. The number of amides is 2. The molecule has 1 aromatic heterocycles. The zero-order chi connectivity index (χ0) is 17.5. The fourth-order valence-electron chi connectivity index (χ4n) is 2.14. The maximum absolute atomic E-state index is 12.3. The second-order valence-corrected chi connectivity index (χ2v) is 6.00. The number of rotatable bonds is 7. The topological polar surface area (TPSA) is 76.0 Å². The van der Waals surface area contributed by atoms with Gasteiger partial charge < -0.3 is 10.6 Å². The van der Waals surface area contributed by atoms with Crippen LogP contribution in [-0.2, 0) is 4.79 Å². The van der Waals surface area contributed by atoms with Gasteiger partial charge in [0.25, 0.3) is 5.91 Å². The Morgan fingerprint density at radius 3 is 2.54 bits per heavy atom. The SMILES string of the molecule is CCC(=O)Nc1cc(C(=O)NCCC(C)C)nn1-c1ccccc1. The lowest BCUT2D eigenvalue weighted by atomic mass is 10.1.